The molecule has 0 bridgehead atoms. The molecule has 90 valence electrons. The molecule has 1 rings (SSSR count). The highest BCUT2D eigenvalue weighted by Crippen LogP contribution is 2.23. The van der Waals surface area contributed by atoms with Crippen LogP contribution in [0.15, 0.2) is 24.3 Å². The summed E-state index contributed by atoms with van der Waals surface area (Å²) in [6.45, 7) is 0. The Bertz CT molecular complexity index is 481. The minimum absolute atomic E-state index is 0.464. The molecule has 1 aromatic carbocycles. The van der Waals surface area contributed by atoms with Crippen molar-refractivity contribution in [1.29, 1.82) is 0 Å². The van der Waals surface area contributed by atoms with E-state index in [0.717, 1.165) is 11.8 Å². The molecule has 0 aromatic heterocycles. The number of carboxylic acid groups (broad SMARTS) is 1. The van der Waals surface area contributed by atoms with E-state index in [2.05, 4.69) is 0 Å². The van der Waals surface area contributed by atoms with Gasteiger partial charge in [-0.15, -0.1) is 0 Å². The summed E-state index contributed by atoms with van der Waals surface area (Å²) in [6.07, 6.45) is 2.37. The molecule has 0 spiro atoms. The van der Waals surface area contributed by atoms with Crippen molar-refractivity contribution in [3.8, 4) is 0 Å². The topological polar surface area (TPSA) is 57.6 Å². The molecule has 0 aliphatic carbocycles. The molecule has 1 aromatic rings. The number of aliphatic carboxylic acids is 1. The van der Waals surface area contributed by atoms with Crippen LogP contribution in [0.25, 0.3) is 6.08 Å². The predicted molar refractivity (Wildman–Crippen MR) is 67.5 cm³/mol. The lowest BCUT2D eigenvalue weighted by molar-refractivity contribution is -0.146. The van der Waals surface area contributed by atoms with Crippen LogP contribution in [0.4, 0.5) is 5.69 Å². The zero-order valence-corrected chi connectivity index (χ0v) is 10.2. The quantitative estimate of drug-likeness (QED) is 0.659. The van der Waals surface area contributed by atoms with Crippen LogP contribution in [0.2, 0.25) is 5.02 Å². The fourth-order valence-electron chi connectivity index (χ4n) is 1.17. The van der Waals surface area contributed by atoms with Crippen molar-refractivity contribution in [2.45, 2.75) is 0 Å². The summed E-state index contributed by atoms with van der Waals surface area (Å²) in [5.74, 6) is -2.46. The van der Waals surface area contributed by atoms with E-state index in [-0.39, 0.29) is 0 Å². The average molecular weight is 254 g/mol. The summed E-state index contributed by atoms with van der Waals surface area (Å²) in [6, 6.07) is 5.30. The number of anilines is 1. The zero-order chi connectivity index (χ0) is 13.0. The van der Waals surface area contributed by atoms with Crippen LogP contribution in [-0.2, 0) is 9.59 Å². The molecule has 0 saturated carbocycles. The van der Waals surface area contributed by atoms with Gasteiger partial charge in [0.1, 0.15) is 0 Å². The largest absolute Gasteiger partial charge is 0.475 e. The van der Waals surface area contributed by atoms with Gasteiger partial charge in [-0.25, -0.2) is 4.79 Å². The van der Waals surface area contributed by atoms with Crippen LogP contribution in [0.3, 0.4) is 0 Å². The molecule has 0 heterocycles. The van der Waals surface area contributed by atoms with Crippen LogP contribution in [0.5, 0.6) is 0 Å². The number of ketones is 1. The normalized spacial score (nSPS) is 10.5. The number of nitrogens with zero attached hydrogens (tertiary/aromatic N) is 1. The van der Waals surface area contributed by atoms with Gasteiger partial charge in [-0.2, -0.15) is 0 Å². The number of benzene rings is 1. The molecule has 0 aliphatic heterocycles. The van der Waals surface area contributed by atoms with E-state index < -0.39 is 11.8 Å². The van der Waals surface area contributed by atoms with Crippen molar-refractivity contribution < 1.29 is 14.7 Å². The van der Waals surface area contributed by atoms with Gasteiger partial charge >= 0.3 is 5.97 Å². The highest BCUT2D eigenvalue weighted by Gasteiger charge is 2.06. The van der Waals surface area contributed by atoms with Crippen LogP contribution >= 0.6 is 11.6 Å². The molecule has 0 aliphatic rings. The van der Waals surface area contributed by atoms with Crippen LogP contribution in [-0.4, -0.2) is 31.0 Å². The Morgan fingerprint density at radius 1 is 1.35 bits per heavy atom. The molecule has 0 saturated heterocycles. The first-order valence-corrected chi connectivity index (χ1v) is 5.22. The van der Waals surface area contributed by atoms with Crippen molar-refractivity contribution in [3.63, 3.8) is 0 Å². The third kappa shape index (κ3) is 3.60. The maximum atomic E-state index is 10.9. The fourth-order valence-corrected chi connectivity index (χ4v) is 1.40. The van der Waals surface area contributed by atoms with E-state index in [1.165, 1.54) is 6.08 Å². The fraction of sp³-hybridized carbons (Fsp3) is 0.167. The standard InChI is InChI=1S/C12H12ClNO3/c1-14(2)9-5-3-8(10(13)7-9)4-6-11(15)12(16)17/h3-7H,1-2H3,(H,16,17). The van der Waals surface area contributed by atoms with Crippen LogP contribution in [0, 0.1) is 0 Å². The minimum Gasteiger partial charge on any atom is -0.475 e. The third-order valence-electron chi connectivity index (χ3n) is 2.13. The maximum Gasteiger partial charge on any atom is 0.376 e. The van der Waals surface area contributed by atoms with Gasteiger partial charge in [-0.05, 0) is 29.8 Å². The van der Waals surface area contributed by atoms with Gasteiger partial charge in [0.25, 0.3) is 5.78 Å². The first kappa shape index (κ1) is 13.3. The molecule has 4 nitrogen and oxygen atoms in total. The molecule has 17 heavy (non-hydrogen) atoms. The maximum absolute atomic E-state index is 10.9. The molecular formula is C12H12ClNO3. The smallest absolute Gasteiger partial charge is 0.376 e. The van der Waals surface area contributed by atoms with Gasteiger partial charge < -0.3 is 10.0 Å². The Morgan fingerprint density at radius 2 is 2.00 bits per heavy atom. The molecule has 0 amide bonds. The van der Waals surface area contributed by atoms with E-state index in [0.29, 0.717) is 10.6 Å². The molecule has 5 heteroatoms. The highest BCUT2D eigenvalue weighted by atomic mass is 35.5. The van der Waals surface area contributed by atoms with E-state index in [1.807, 2.05) is 25.1 Å². The number of halogens is 1. The summed E-state index contributed by atoms with van der Waals surface area (Å²) in [7, 11) is 3.77. The lowest BCUT2D eigenvalue weighted by Crippen LogP contribution is -2.09. The van der Waals surface area contributed by atoms with Gasteiger partial charge in [0.15, 0.2) is 0 Å². The monoisotopic (exact) mass is 253 g/mol. The molecule has 0 fully saturated rings. The van der Waals surface area contributed by atoms with Gasteiger partial charge in [-0.1, -0.05) is 17.7 Å². The number of hydrogen-bond donors (Lipinski definition) is 1. The van der Waals surface area contributed by atoms with Crippen molar-refractivity contribution in [2.24, 2.45) is 0 Å². The molecular weight excluding hydrogens is 242 g/mol. The SMILES string of the molecule is CN(C)c1ccc(C=CC(=O)C(=O)O)c(Cl)c1. The van der Waals surface area contributed by atoms with Gasteiger partial charge in [0, 0.05) is 24.8 Å². The second-order valence-electron chi connectivity index (χ2n) is 3.60. The number of carboxylic acids is 1. The summed E-state index contributed by atoms with van der Waals surface area (Å²) in [4.78, 5) is 23.1. The Kier molecular flexibility index (Phi) is 4.29. The Labute approximate surface area is 104 Å². The molecule has 1 N–H and O–H groups in total. The van der Waals surface area contributed by atoms with Crippen LogP contribution in [0.1, 0.15) is 5.56 Å². The second-order valence-corrected chi connectivity index (χ2v) is 4.01. The van der Waals surface area contributed by atoms with Crippen LogP contribution < -0.4 is 4.90 Å². The van der Waals surface area contributed by atoms with Crippen molar-refractivity contribution >= 4 is 35.1 Å². The number of carbonyl (C=O) groups excluding carboxylic acids is 1. The summed E-state index contributed by atoms with van der Waals surface area (Å²) >= 11 is 6.00. The number of hydrogen-bond acceptors (Lipinski definition) is 3. The average Bonchev–Trinajstić information content (AvgIpc) is 2.26. The summed E-state index contributed by atoms with van der Waals surface area (Å²) in [5.41, 5.74) is 1.53. The first-order valence-electron chi connectivity index (χ1n) is 4.84. The lowest BCUT2D eigenvalue weighted by Gasteiger charge is -2.13. The number of rotatable bonds is 4. The van der Waals surface area contributed by atoms with Crippen molar-refractivity contribution in [2.75, 3.05) is 19.0 Å². The summed E-state index contributed by atoms with van der Waals surface area (Å²) < 4.78 is 0. The Morgan fingerprint density at radius 3 is 2.47 bits per heavy atom. The van der Waals surface area contributed by atoms with E-state index in [9.17, 15) is 9.59 Å². The van der Waals surface area contributed by atoms with E-state index in [1.54, 1.807) is 12.1 Å². The van der Waals surface area contributed by atoms with Crippen molar-refractivity contribution in [1.82, 2.24) is 0 Å². The predicted octanol–water partition coefficient (Wildman–Crippen LogP) is 2.07. The lowest BCUT2D eigenvalue weighted by atomic mass is 10.1. The van der Waals surface area contributed by atoms with Crippen molar-refractivity contribution in [3.05, 3.63) is 34.9 Å². The molecule has 0 atom stereocenters. The molecule has 0 unspecified atom stereocenters. The Hall–Kier alpha value is -1.81. The Balaban J connectivity index is 2.94. The molecule has 0 radical (unpaired) electrons. The van der Waals surface area contributed by atoms with E-state index >= 15 is 0 Å². The third-order valence-corrected chi connectivity index (χ3v) is 2.45. The van der Waals surface area contributed by atoms with Gasteiger partial charge in [0.05, 0.1) is 0 Å². The minimum atomic E-state index is -1.48. The van der Waals surface area contributed by atoms with Gasteiger partial charge in [-0.3, -0.25) is 4.79 Å². The number of carbonyl (C=O) groups is 2. The highest BCUT2D eigenvalue weighted by molar-refractivity contribution is 6.38. The first-order chi connectivity index (χ1) is 7.91. The zero-order valence-electron chi connectivity index (χ0n) is 9.48. The van der Waals surface area contributed by atoms with Gasteiger partial charge in [0.2, 0.25) is 0 Å². The summed E-state index contributed by atoms with van der Waals surface area (Å²) in [5, 5.41) is 8.87. The second kappa shape index (κ2) is 5.50. The van der Waals surface area contributed by atoms with E-state index in [4.69, 9.17) is 16.7 Å².